The number of carbonyl (C=O) groups is 2. The summed E-state index contributed by atoms with van der Waals surface area (Å²) in [6, 6.07) is 17.5. The lowest BCUT2D eigenvalue weighted by molar-refractivity contribution is 0.0947. The first kappa shape index (κ1) is 20.0. The molecule has 4 N–H and O–H groups in total. The quantitative estimate of drug-likeness (QED) is 0.476. The molecule has 0 aromatic heterocycles. The molecular formula is C22H28N2O2. The lowest BCUT2D eigenvalue weighted by Crippen LogP contribution is -2.30. The summed E-state index contributed by atoms with van der Waals surface area (Å²) in [7, 11) is 0. The predicted molar refractivity (Wildman–Crippen MR) is 105 cm³/mol. The minimum atomic E-state index is -0.445. The van der Waals surface area contributed by atoms with Crippen LogP contribution in [0, 0.1) is 0 Å². The van der Waals surface area contributed by atoms with Crippen LogP contribution in [-0.2, 0) is 0 Å². The second-order valence-corrected chi connectivity index (χ2v) is 6.67. The van der Waals surface area contributed by atoms with Crippen molar-refractivity contribution in [3.63, 3.8) is 0 Å². The van der Waals surface area contributed by atoms with E-state index in [4.69, 9.17) is 11.5 Å². The molecule has 0 unspecified atom stereocenters. The summed E-state index contributed by atoms with van der Waals surface area (Å²) in [5.74, 6) is 0.00200. The van der Waals surface area contributed by atoms with Crippen LogP contribution in [0.25, 0.3) is 0 Å². The van der Waals surface area contributed by atoms with E-state index in [0.29, 0.717) is 24.0 Å². The summed E-state index contributed by atoms with van der Waals surface area (Å²) < 4.78 is 0. The summed E-state index contributed by atoms with van der Waals surface area (Å²) in [5, 5.41) is 0. The Bertz CT molecular complexity index is 624. The van der Waals surface area contributed by atoms with Crippen LogP contribution in [-0.4, -0.2) is 23.7 Å². The Hall–Kier alpha value is -2.30. The highest BCUT2D eigenvalue weighted by Crippen LogP contribution is 2.12. The number of hydrogen-bond acceptors (Lipinski definition) is 4. The minimum Gasteiger partial charge on any atom is -0.321 e. The minimum absolute atomic E-state index is 0.00100. The molecule has 0 aliphatic rings. The molecule has 0 heterocycles. The number of hydrogen-bond donors (Lipinski definition) is 2. The fourth-order valence-corrected chi connectivity index (χ4v) is 2.98. The second kappa shape index (κ2) is 10.6. The number of benzene rings is 2. The highest BCUT2D eigenvalue weighted by Gasteiger charge is 2.16. The van der Waals surface area contributed by atoms with Crippen LogP contribution < -0.4 is 11.5 Å². The summed E-state index contributed by atoms with van der Waals surface area (Å²) in [5.41, 5.74) is 13.3. The molecule has 0 bridgehead atoms. The van der Waals surface area contributed by atoms with Crippen LogP contribution in [0.4, 0.5) is 0 Å². The van der Waals surface area contributed by atoms with Crippen LogP contribution in [0.2, 0.25) is 0 Å². The van der Waals surface area contributed by atoms with Crippen LogP contribution in [0.1, 0.15) is 59.2 Å². The Labute approximate surface area is 155 Å². The third-order valence-corrected chi connectivity index (χ3v) is 4.57. The van der Waals surface area contributed by atoms with Crippen LogP contribution >= 0.6 is 0 Å². The molecule has 2 atom stereocenters. The van der Waals surface area contributed by atoms with Crippen molar-refractivity contribution in [2.45, 2.75) is 50.6 Å². The SMILES string of the molecule is N[C@H](CCCCCC[C@H](N)C(=O)c1ccccc1)C(=O)c1ccccc1. The molecule has 4 nitrogen and oxygen atoms in total. The largest absolute Gasteiger partial charge is 0.321 e. The van der Waals surface area contributed by atoms with E-state index in [-0.39, 0.29) is 11.6 Å². The van der Waals surface area contributed by atoms with E-state index in [2.05, 4.69) is 0 Å². The molecule has 0 aliphatic carbocycles. The Morgan fingerprint density at radius 1 is 0.615 bits per heavy atom. The van der Waals surface area contributed by atoms with Gasteiger partial charge in [-0.05, 0) is 12.8 Å². The molecule has 4 heteroatoms. The van der Waals surface area contributed by atoms with Crippen molar-refractivity contribution in [2.75, 3.05) is 0 Å². The number of nitrogens with two attached hydrogens (primary N) is 2. The van der Waals surface area contributed by atoms with E-state index >= 15 is 0 Å². The first-order valence-electron chi connectivity index (χ1n) is 9.29. The van der Waals surface area contributed by atoms with E-state index in [1.165, 1.54) is 0 Å². The van der Waals surface area contributed by atoms with E-state index in [1.807, 2.05) is 36.4 Å². The number of unbranched alkanes of at least 4 members (excludes halogenated alkanes) is 3. The Morgan fingerprint density at radius 2 is 0.962 bits per heavy atom. The van der Waals surface area contributed by atoms with Gasteiger partial charge < -0.3 is 11.5 Å². The summed E-state index contributed by atoms with van der Waals surface area (Å²) >= 11 is 0. The van der Waals surface area contributed by atoms with Gasteiger partial charge in [0.25, 0.3) is 0 Å². The molecule has 0 saturated carbocycles. The maximum Gasteiger partial charge on any atom is 0.179 e. The molecule has 0 spiro atoms. The van der Waals surface area contributed by atoms with Gasteiger partial charge >= 0.3 is 0 Å². The third kappa shape index (κ3) is 6.21. The number of rotatable bonds is 11. The van der Waals surface area contributed by atoms with Gasteiger partial charge in [0.2, 0.25) is 0 Å². The fraction of sp³-hybridized carbons (Fsp3) is 0.364. The van der Waals surface area contributed by atoms with Gasteiger partial charge in [-0.2, -0.15) is 0 Å². The topological polar surface area (TPSA) is 86.2 Å². The molecule has 138 valence electrons. The lowest BCUT2D eigenvalue weighted by Gasteiger charge is -2.12. The number of Topliss-reactive ketones (excluding diaryl/α,β-unsaturated/α-hetero) is 2. The van der Waals surface area contributed by atoms with Crippen molar-refractivity contribution in [2.24, 2.45) is 11.5 Å². The Morgan fingerprint density at radius 3 is 1.31 bits per heavy atom. The van der Waals surface area contributed by atoms with Crippen LogP contribution in [0.5, 0.6) is 0 Å². The molecule has 26 heavy (non-hydrogen) atoms. The van der Waals surface area contributed by atoms with Gasteiger partial charge in [0.05, 0.1) is 12.1 Å². The second-order valence-electron chi connectivity index (χ2n) is 6.67. The summed E-state index contributed by atoms with van der Waals surface area (Å²) in [4.78, 5) is 24.4. The molecule has 0 fully saturated rings. The van der Waals surface area contributed by atoms with Crippen molar-refractivity contribution >= 4 is 11.6 Å². The molecular weight excluding hydrogens is 324 g/mol. The van der Waals surface area contributed by atoms with Gasteiger partial charge in [0.15, 0.2) is 11.6 Å². The smallest absolute Gasteiger partial charge is 0.179 e. The standard InChI is InChI=1S/C22H28N2O2/c23-19(21(25)17-11-5-3-6-12-17)15-9-1-2-10-16-20(24)22(26)18-13-7-4-8-14-18/h3-8,11-14,19-20H,1-2,9-10,15-16,23-24H2/t19-,20+. The highest BCUT2D eigenvalue weighted by molar-refractivity contribution is 6.00. The van der Waals surface area contributed by atoms with Crippen molar-refractivity contribution in [3.05, 3.63) is 71.8 Å². The van der Waals surface area contributed by atoms with Gasteiger partial charge in [0.1, 0.15) is 0 Å². The lowest BCUT2D eigenvalue weighted by atomic mass is 9.97. The van der Waals surface area contributed by atoms with Crippen molar-refractivity contribution in [1.82, 2.24) is 0 Å². The van der Waals surface area contributed by atoms with E-state index in [1.54, 1.807) is 24.3 Å². The summed E-state index contributed by atoms with van der Waals surface area (Å²) in [6.45, 7) is 0. The fourth-order valence-electron chi connectivity index (χ4n) is 2.98. The predicted octanol–water partition coefficient (Wildman–Crippen LogP) is 3.75. The zero-order valence-corrected chi connectivity index (χ0v) is 15.1. The number of ketones is 2. The Balaban J connectivity index is 1.60. The average Bonchev–Trinajstić information content (AvgIpc) is 2.70. The number of carbonyl (C=O) groups excluding carboxylic acids is 2. The maximum atomic E-state index is 12.2. The van der Waals surface area contributed by atoms with E-state index < -0.39 is 12.1 Å². The van der Waals surface area contributed by atoms with Gasteiger partial charge in [-0.25, -0.2) is 0 Å². The normalized spacial score (nSPS) is 13.2. The Kier molecular flexibility index (Phi) is 8.19. The maximum absolute atomic E-state index is 12.2. The summed E-state index contributed by atoms with van der Waals surface area (Å²) in [6.07, 6.45) is 5.15. The monoisotopic (exact) mass is 352 g/mol. The zero-order chi connectivity index (χ0) is 18.8. The van der Waals surface area contributed by atoms with Gasteiger partial charge in [0, 0.05) is 11.1 Å². The molecule has 2 rings (SSSR count). The molecule has 2 aromatic carbocycles. The average molecular weight is 352 g/mol. The van der Waals surface area contributed by atoms with E-state index in [9.17, 15) is 9.59 Å². The third-order valence-electron chi connectivity index (χ3n) is 4.57. The van der Waals surface area contributed by atoms with Gasteiger partial charge in [-0.15, -0.1) is 0 Å². The van der Waals surface area contributed by atoms with Crippen LogP contribution in [0.15, 0.2) is 60.7 Å². The van der Waals surface area contributed by atoms with Crippen molar-refractivity contribution in [1.29, 1.82) is 0 Å². The van der Waals surface area contributed by atoms with E-state index in [0.717, 1.165) is 25.7 Å². The highest BCUT2D eigenvalue weighted by atomic mass is 16.1. The molecule has 2 aromatic rings. The molecule has 0 aliphatic heterocycles. The molecule has 0 amide bonds. The first-order chi connectivity index (χ1) is 12.6. The van der Waals surface area contributed by atoms with Crippen molar-refractivity contribution < 1.29 is 9.59 Å². The molecule has 0 saturated heterocycles. The molecule has 0 radical (unpaired) electrons. The van der Waals surface area contributed by atoms with Gasteiger partial charge in [-0.3, -0.25) is 9.59 Å². The van der Waals surface area contributed by atoms with Crippen molar-refractivity contribution in [3.8, 4) is 0 Å². The van der Waals surface area contributed by atoms with Crippen LogP contribution in [0.3, 0.4) is 0 Å². The van der Waals surface area contributed by atoms with Gasteiger partial charge in [-0.1, -0.05) is 86.3 Å². The zero-order valence-electron chi connectivity index (χ0n) is 15.1. The first-order valence-corrected chi connectivity index (χ1v) is 9.29.